The van der Waals surface area contributed by atoms with Crippen LogP contribution in [0.25, 0.3) is 0 Å². The van der Waals surface area contributed by atoms with Crippen LogP contribution in [0.15, 0.2) is 30.4 Å². The van der Waals surface area contributed by atoms with Gasteiger partial charge >= 0.3 is 0 Å². The summed E-state index contributed by atoms with van der Waals surface area (Å²) >= 11 is 0. The molecular weight excluding hydrogens is 652 g/mol. The number of imidazole rings is 1. The lowest BCUT2D eigenvalue weighted by Gasteiger charge is -2.74. The van der Waals surface area contributed by atoms with Crippen LogP contribution in [0.3, 0.4) is 0 Å². The molecule has 9 aliphatic carbocycles. The Balaban J connectivity index is 1.26. The maximum atomic E-state index is 15.6. The summed E-state index contributed by atoms with van der Waals surface area (Å²) in [4.78, 5) is 20.0. The molecule has 0 aliphatic heterocycles. The highest BCUT2D eigenvalue weighted by Gasteiger charge is 2.78. The van der Waals surface area contributed by atoms with Gasteiger partial charge in [-0.1, -0.05) is 45.1 Å². The molecule has 6 fully saturated rings. The fourth-order valence-corrected chi connectivity index (χ4v) is 16.7. The third kappa shape index (κ3) is 4.30. The van der Waals surface area contributed by atoms with Gasteiger partial charge in [0.1, 0.15) is 6.10 Å². The first kappa shape index (κ1) is 35.7. The number of nitrogens with zero attached hydrogens (tertiary/aromatic N) is 2. The topological polar surface area (TPSA) is 136 Å². The number of ketones is 1. The van der Waals surface area contributed by atoms with Crippen molar-refractivity contribution in [2.45, 2.75) is 154 Å². The molecule has 1 aromatic heterocycles. The van der Waals surface area contributed by atoms with Gasteiger partial charge in [0.15, 0.2) is 5.78 Å². The lowest BCUT2D eigenvalue weighted by Crippen LogP contribution is -2.73. The summed E-state index contributed by atoms with van der Waals surface area (Å²) in [5.41, 5.74) is -2.17. The van der Waals surface area contributed by atoms with E-state index in [1.807, 2.05) is 31.7 Å². The molecule has 5 N–H and O–H groups in total. The Hall–Kier alpha value is -2.02. The largest absolute Gasteiger partial charge is 0.394 e. The summed E-state index contributed by atoms with van der Waals surface area (Å²) in [6.45, 7) is 7.17. The highest BCUT2D eigenvalue weighted by atomic mass is 16.3. The van der Waals surface area contributed by atoms with Gasteiger partial charge in [-0.25, -0.2) is 4.98 Å². The number of aliphatic hydroxyl groups excluding tert-OH is 5. The predicted octanol–water partition coefficient (Wildman–Crippen LogP) is 5.60. The van der Waals surface area contributed by atoms with Crippen molar-refractivity contribution in [3.63, 3.8) is 0 Å². The van der Waals surface area contributed by atoms with Gasteiger partial charge in [-0.2, -0.15) is 0 Å². The summed E-state index contributed by atoms with van der Waals surface area (Å²) in [5.74, 6) is 6.56. The molecule has 8 nitrogen and oxygen atoms in total. The van der Waals surface area contributed by atoms with Gasteiger partial charge in [-0.3, -0.25) is 4.79 Å². The summed E-state index contributed by atoms with van der Waals surface area (Å²) in [5, 5.41) is 59.2. The van der Waals surface area contributed by atoms with Crippen molar-refractivity contribution >= 4 is 5.78 Å². The minimum atomic E-state index is -1.08. The van der Waals surface area contributed by atoms with Gasteiger partial charge in [0.2, 0.25) is 0 Å². The van der Waals surface area contributed by atoms with E-state index >= 15 is 4.79 Å². The summed E-state index contributed by atoms with van der Waals surface area (Å²) < 4.78 is 2.18. The van der Waals surface area contributed by atoms with Crippen LogP contribution in [0, 0.1) is 73.4 Å². The van der Waals surface area contributed by atoms with E-state index in [1.165, 1.54) is 5.57 Å². The average molecular weight is 715 g/mol. The first-order valence-electron chi connectivity index (χ1n) is 20.8. The van der Waals surface area contributed by atoms with Gasteiger partial charge < -0.3 is 30.1 Å². The third-order valence-electron chi connectivity index (χ3n) is 18.6. The molecule has 0 amide bonds. The minimum absolute atomic E-state index is 0.00166. The van der Waals surface area contributed by atoms with E-state index in [-0.39, 0.29) is 40.3 Å². The molecule has 4 bridgehead atoms. The van der Waals surface area contributed by atoms with Crippen molar-refractivity contribution < 1.29 is 30.3 Å². The Kier molecular flexibility index (Phi) is 8.06. The molecule has 52 heavy (non-hydrogen) atoms. The van der Waals surface area contributed by atoms with Crippen LogP contribution in [0.4, 0.5) is 0 Å². The monoisotopic (exact) mass is 714 g/mol. The summed E-state index contributed by atoms with van der Waals surface area (Å²) in [7, 11) is 0. The molecule has 6 saturated carbocycles. The molecule has 0 aromatic carbocycles. The number of aromatic nitrogens is 2. The number of rotatable bonds is 4. The lowest BCUT2D eigenvalue weighted by atomic mass is 9.29. The van der Waals surface area contributed by atoms with Crippen molar-refractivity contribution in [2.24, 2.45) is 61.6 Å². The second-order valence-corrected chi connectivity index (χ2v) is 20.3. The Labute approximate surface area is 309 Å². The zero-order valence-electron chi connectivity index (χ0n) is 31.7. The first-order chi connectivity index (χ1) is 24.8. The number of carbonyl (C=O) groups excluding carboxylic acids is 1. The van der Waals surface area contributed by atoms with Crippen LogP contribution in [-0.2, 0) is 11.3 Å². The highest BCUT2D eigenvalue weighted by molar-refractivity contribution is 5.96. The Morgan fingerprint density at radius 2 is 1.73 bits per heavy atom. The van der Waals surface area contributed by atoms with Crippen molar-refractivity contribution in [1.82, 2.24) is 9.55 Å². The molecule has 1 aromatic rings. The Morgan fingerprint density at radius 1 is 0.962 bits per heavy atom. The highest BCUT2D eigenvalue weighted by Crippen LogP contribution is 2.81. The Morgan fingerprint density at radius 3 is 2.46 bits per heavy atom. The zero-order chi connectivity index (χ0) is 36.5. The van der Waals surface area contributed by atoms with Gasteiger partial charge in [-0.15, -0.1) is 5.92 Å². The van der Waals surface area contributed by atoms with Gasteiger partial charge in [-0.05, 0) is 134 Å². The molecule has 1 heterocycles. The molecule has 0 saturated heterocycles. The van der Waals surface area contributed by atoms with Crippen molar-refractivity contribution in [2.75, 3.05) is 6.61 Å². The molecule has 10 rings (SSSR count). The van der Waals surface area contributed by atoms with Crippen LogP contribution in [0.5, 0.6) is 0 Å². The number of hydrogen-bond donors (Lipinski definition) is 5. The maximum absolute atomic E-state index is 15.6. The normalized spacial score (nSPS) is 50.9. The van der Waals surface area contributed by atoms with Crippen LogP contribution < -0.4 is 0 Å². The van der Waals surface area contributed by atoms with Gasteiger partial charge in [0.25, 0.3) is 0 Å². The van der Waals surface area contributed by atoms with E-state index in [2.05, 4.69) is 35.2 Å². The van der Waals surface area contributed by atoms with Crippen LogP contribution in [0.1, 0.15) is 124 Å². The van der Waals surface area contributed by atoms with E-state index in [9.17, 15) is 25.5 Å². The predicted molar refractivity (Wildman–Crippen MR) is 196 cm³/mol. The van der Waals surface area contributed by atoms with E-state index in [0.29, 0.717) is 19.3 Å². The summed E-state index contributed by atoms with van der Waals surface area (Å²) in [6, 6.07) is 0. The number of aliphatic hydroxyl groups is 5. The average Bonchev–Trinajstić information content (AvgIpc) is 3.79. The minimum Gasteiger partial charge on any atom is -0.394 e. The second kappa shape index (κ2) is 11.7. The molecule has 8 heteroatoms. The van der Waals surface area contributed by atoms with Crippen LogP contribution in [0.2, 0.25) is 0 Å². The van der Waals surface area contributed by atoms with E-state index in [1.54, 1.807) is 0 Å². The third-order valence-corrected chi connectivity index (χ3v) is 18.6. The Bertz CT molecular complexity index is 1680. The summed E-state index contributed by atoms with van der Waals surface area (Å²) in [6.07, 6.45) is 17.9. The van der Waals surface area contributed by atoms with Gasteiger partial charge in [0, 0.05) is 42.1 Å². The zero-order valence-corrected chi connectivity index (χ0v) is 31.7. The number of fused-ring (bicyclic) bond motifs is 4. The standard InChI is InChI=1S/C44H62N2O6/c1-38-12-5-4-8-34(50)44(41(26-38)13-6-7-14-41)30(22-38)29-20-31(48)37-42-15-9-28(24-46-19-18-45-27-46)21-43(37,39(29,2)23-35(44)51)17-10-32(42)40(3,36(52)25-47)33(49)11-16-42/h18-20,27-28,30,32-37,47,49-52H,5-7,9-17,21-26H2,1-3H3. The number of hydrogen-bond acceptors (Lipinski definition) is 7. The molecule has 14 atom stereocenters. The van der Waals surface area contributed by atoms with Crippen molar-refractivity contribution in [3.05, 3.63) is 30.4 Å². The van der Waals surface area contributed by atoms with Crippen LogP contribution in [-0.4, -0.2) is 71.9 Å². The smallest absolute Gasteiger partial charge is 0.159 e. The number of allylic oxidation sites excluding steroid dienone is 2. The fraction of sp³-hybridized carbons (Fsp3) is 0.818. The van der Waals surface area contributed by atoms with E-state index in [4.69, 9.17) is 0 Å². The van der Waals surface area contributed by atoms with E-state index < -0.39 is 58.1 Å². The molecule has 9 aliphatic rings. The van der Waals surface area contributed by atoms with Crippen LogP contribution >= 0.6 is 0 Å². The first-order valence-corrected chi connectivity index (χ1v) is 20.8. The maximum Gasteiger partial charge on any atom is 0.159 e. The SMILES string of the molecule is CC12CCC#CC(O)C3(C(O)CC4(C)C(=CC(=O)C5C67CCC(Cn8ccnc8)CC54CCC6C(C)(C(O)CO)C(O)CC7)C3C1)C1(CCCC1)C2. The van der Waals surface area contributed by atoms with Gasteiger partial charge in [0.05, 0.1) is 31.2 Å². The molecule has 0 radical (unpaired) electrons. The van der Waals surface area contributed by atoms with E-state index in [0.717, 1.165) is 90.0 Å². The fourth-order valence-electron chi connectivity index (χ4n) is 16.7. The molecule has 284 valence electrons. The quantitative estimate of drug-likeness (QED) is 0.257. The lowest BCUT2D eigenvalue weighted by molar-refractivity contribution is -0.263. The molecular formula is C44H62N2O6. The second-order valence-electron chi connectivity index (χ2n) is 20.3. The molecule has 14 unspecified atom stereocenters. The number of carbonyl (C=O) groups is 1. The van der Waals surface area contributed by atoms with Crippen molar-refractivity contribution in [1.29, 1.82) is 0 Å². The van der Waals surface area contributed by atoms with Crippen molar-refractivity contribution in [3.8, 4) is 11.8 Å². The molecule has 3 spiro atoms.